The first-order valence-electron chi connectivity index (χ1n) is 6.98. The summed E-state index contributed by atoms with van der Waals surface area (Å²) in [5, 5.41) is 3.42. The first-order chi connectivity index (χ1) is 9.33. The molecule has 100 valence electrons. The molecule has 0 radical (unpaired) electrons. The number of benzene rings is 1. The maximum absolute atomic E-state index is 4.17. The van der Waals surface area contributed by atoms with Gasteiger partial charge in [-0.3, -0.25) is 4.98 Å². The highest BCUT2D eigenvalue weighted by molar-refractivity contribution is 5.26. The molecule has 0 aliphatic rings. The van der Waals surface area contributed by atoms with Gasteiger partial charge in [0.1, 0.15) is 0 Å². The summed E-state index contributed by atoms with van der Waals surface area (Å²) in [5.74, 6) is 0. The van der Waals surface area contributed by atoms with Gasteiger partial charge in [-0.05, 0) is 49.1 Å². The summed E-state index contributed by atoms with van der Waals surface area (Å²) in [7, 11) is 2.03. The number of hydrogen-bond donors (Lipinski definition) is 1. The van der Waals surface area contributed by atoms with Crippen molar-refractivity contribution in [1.82, 2.24) is 10.3 Å². The van der Waals surface area contributed by atoms with Crippen molar-refractivity contribution in [2.75, 3.05) is 7.05 Å². The molecule has 2 heteroatoms. The summed E-state index contributed by atoms with van der Waals surface area (Å²) in [5.41, 5.74) is 4.08. The van der Waals surface area contributed by atoms with Crippen LogP contribution < -0.4 is 5.32 Å². The van der Waals surface area contributed by atoms with Crippen molar-refractivity contribution in [2.24, 2.45) is 0 Å². The van der Waals surface area contributed by atoms with Gasteiger partial charge in [-0.2, -0.15) is 0 Å². The van der Waals surface area contributed by atoms with Crippen molar-refractivity contribution in [2.45, 2.75) is 32.2 Å². The Bertz CT molecular complexity index is 494. The minimum atomic E-state index is 0.409. The first-order valence-corrected chi connectivity index (χ1v) is 6.98. The highest BCUT2D eigenvalue weighted by atomic mass is 14.9. The number of aromatic nitrogens is 1. The van der Waals surface area contributed by atoms with E-state index in [-0.39, 0.29) is 0 Å². The van der Waals surface area contributed by atoms with Gasteiger partial charge in [0, 0.05) is 18.4 Å². The van der Waals surface area contributed by atoms with Crippen LogP contribution in [-0.4, -0.2) is 12.0 Å². The fourth-order valence-electron chi connectivity index (χ4n) is 2.36. The standard InChI is InChI=1S/C17H22N2/c1-3-14-6-4-8-16(12-14)17(18-2)10-9-15-7-5-11-19-13-15/h4-8,11-13,17-18H,3,9-10H2,1-2H3. The van der Waals surface area contributed by atoms with E-state index in [0.29, 0.717) is 6.04 Å². The van der Waals surface area contributed by atoms with Gasteiger partial charge < -0.3 is 5.32 Å². The van der Waals surface area contributed by atoms with Crippen LogP contribution in [0, 0.1) is 0 Å². The average Bonchev–Trinajstić information content (AvgIpc) is 2.49. The SMILES string of the molecule is CCc1cccc(C(CCc2cccnc2)NC)c1. The summed E-state index contributed by atoms with van der Waals surface area (Å²) >= 11 is 0. The largest absolute Gasteiger partial charge is 0.313 e. The molecule has 1 unspecified atom stereocenters. The summed E-state index contributed by atoms with van der Waals surface area (Å²) in [6, 6.07) is 13.4. The Hall–Kier alpha value is -1.67. The minimum absolute atomic E-state index is 0.409. The molecular weight excluding hydrogens is 232 g/mol. The number of rotatable bonds is 6. The van der Waals surface area contributed by atoms with Gasteiger partial charge in [0.2, 0.25) is 0 Å². The number of aryl methyl sites for hydroxylation is 2. The second kappa shape index (κ2) is 7.05. The molecule has 0 saturated heterocycles. The van der Waals surface area contributed by atoms with Crippen LogP contribution in [0.5, 0.6) is 0 Å². The van der Waals surface area contributed by atoms with Gasteiger partial charge >= 0.3 is 0 Å². The maximum Gasteiger partial charge on any atom is 0.0320 e. The van der Waals surface area contributed by atoms with Crippen molar-refractivity contribution in [3.63, 3.8) is 0 Å². The zero-order valence-corrected chi connectivity index (χ0v) is 11.8. The van der Waals surface area contributed by atoms with E-state index in [1.54, 1.807) is 0 Å². The smallest absolute Gasteiger partial charge is 0.0320 e. The predicted molar refractivity (Wildman–Crippen MR) is 80.2 cm³/mol. The van der Waals surface area contributed by atoms with Crippen LogP contribution in [0.3, 0.4) is 0 Å². The molecule has 1 aromatic heterocycles. The molecule has 0 aliphatic heterocycles. The topological polar surface area (TPSA) is 24.9 Å². The lowest BCUT2D eigenvalue weighted by molar-refractivity contribution is 0.548. The zero-order chi connectivity index (χ0) is 13.5. The van der Waals surface area contributed by atoms with Crippen molar-refractivity contribution >= 4 is 0 Å². The fraction of sp³-hybridized carbons (Fsp3) is 0.353. The van der Waals surface area contributed by atoms with Crippen LogP contribution in [-0.2, 0) is 12.8 Å². The van der Waals surface area contributed by atoms with E-state index in [0.717, 1.165) is 19.3 Å². The number of nitrogens with one attached hydrogen (secondary N) is 1. The molecule has 2 rings (SSSR count). The van der Waals surface area contributed by atoms with E-state index in [1.165, 1.54) is 16.7 Å². The third-order valence-corrected chi connectivity index (χ3v) is 3.55. The van der Waals surface area contributed by atoms with E-state index in [1.807, 2.05) is 25.5 Å². The maximum atomic E-state index is 4.17. The molecule has 0 spiro atoms. The van der Waals surface area contributed by atoms with Gasteiger partial charge in [-0.1, -0.05) is 37.3 Å². The van der Waals surface area contributed by atoms with Gasteiger partial charge in [-0.15, -0.1) is 0 Å². The normalized spacial score (nSPS) is 12.3. The van der Waals surface area contributed by atoms with Crippen LogP contribution >= 0.6 is 0 Å². The summed E-state index contributed by atoms with van der Waals surface area (Å²) in [6.45, 7) is 2.20. The second-order valence-corrected chi connectivity index (χ2v) is 4.84. The third-order valence-electron chi connectivity index (χ3n) is 3.55. The molecule has 0 saturated carbocycles. The Balaban J connectivity index is 2.03. The molecule has 1 heterocycles. The summed E-state index contributed by atoms with van der Waals surface area (Å²) in [4.78, 5) is 4.17. The number of hydrogen-bond acceptors (Lipinski definition) is 2. The molecular formula is C17H22N2. The highest BCUT2D eigenvalue weighted by Crippen LogP contribution is 2.20. The molecule has 0 fully saturated rings. The van der Waals surface area contributed by atoms with Crippen LogP contribution in [0.25, 0.3) is 0 Å². The van der Waals surface area contributed by atoms with Crippen LogP contribution in [0.2, 0.25) is 0 Å². The second-order valence-electron chi connectivity index (χ2n) is 4.84. The highest BCUT2D eigenvalue weighted by Gasteiger charge is 2.09. The first kappa shape index (κ1) is 13.8. The molecule has 0 aliphatic carbocycles. The van der Waals surface area contributed by atoms with Crippen LogP contribution in [0.4, 0.5) is 0 Å². The van der Waals surface area contributed by atoms with E-state index < -0.39 is 0 Å². The Morgan fingerprint density at radius 2 is 2.00 bits per heavy atom. The summed E-state index contributed by atoms with van der Waals surface area (Å²) < 4.78 is 0. The van der Waals surface area contributed by atoms with Crippen molar-refractivity contribution in [3.8, 4) is 0 Å². The Morgan fingerprint density at radius 3 is 2.68 bits per heavy atom. The molecule has 1 aromatic carbocycles. The molecule has 0 amide bonds. The fourth-order valence-corrected chi connectivity index (χ4v) is 2.36. The number of nitrogens with zero attached hydrogens (tertiary/aromatic N) is 1. The van der Waals surface area contributed by atoms with E-state index in [9.17, 15) is 0 Å². The molecule has 2 aromatic rings. The lowest BCUT2D eigenvalue weighted by Crippen LogP contribution is -2.17. The zero-order valence-electron chi connectivity index (χ0n) is 11.8. The Morgan fingerprint density at radius 1 is 1.16 bits per heavy atom. The average molecular weight is 254 g/mol. The van der Waals surface area contributed by atoms with E-state index in [4.69, 9.17) is 0 Å². The molecule has 0 bridgehead atoms. The molecule has 1 atom stereocenters. The van der Waals surface area contributed by atoms with Gasteiger partial charge in [0.15, 0.2) is 0 Å². The Kier molecular flexibility index (Phi) is 5.10. The van der Waals surface area contributed by atoms with Crippen LogP contribution in [0.1, 0.15) is 36.1 Å². The third kappa shape index (κ3) is 3.90. The quantitative estimate of drug-likeness (QED) is 0.853. The van der Waals surface area contributed by atoms with Gasteiger partial charge in [-0.25, -0.2) is 0 Å². The molecule has 2 nitrogen and oxygen atoms in total. The minimum Gasteiger partial charge on any atom is -0.313 e. The van der Waals surface area contributed by atoms with E-state index >= 15 is 0 Å². The van der Waals surface area contributed by atoms with Crippen molar-refractivity contribution in [3.05, 3.63) is 65.5 Å². The predicted octanol–water partition coefficient (Wildman–Crippen LogP) is 3.54. The monoisotopic (exact) mass is 254 g/mol. The molecule has 19 heavy (non-hydrogen) atoms. The van der Waals surface area contributed by atoms with Crippen molar-refractivity contribution in [1.29, 1.82) is 0 Å². The van der Waals surface area contributed by atoms with E-state index in [2.05, 4.69) is 47.6 Å². The Labute approximate surface area is 115 Å². The lowest BCUT2D eigenvalue weighted by atomic mass is 9.97. The lowest BCUT2D eigenvalue weighted by Gasteiger charge is -2.17. The van der Waals surface area contributed by atoms with Crippen LogP contribution in [0.15, 0.2) is 48.8 Å². The number of pyridine rings is 1. The van der Waals surface area contributed by atoms with Gasteiger partial charge in [0.25, 0.3) is 0 Å². The van der Waals surface area contributed by atoms with Gasteiger partial charge in [0.05, 0.1) is 0 Å². The van der Waals surface area contributed by atoms with Crippen molar-refractivity contribution < 1.29 is 0 Å². The molecule has 1 N–H and O–H groups in total. The summed E-state index contributed by atoms with van der Waals surface area (Å²) in [6.07, 6.45) is 7.01.